The molecule has 7 nitrogen and oxygen atoms in total. The maximum absolute atomic E-state index is 11.9. The summed E-state index contributed by atoms with van der Waals surface area (Å²) in [5.41, 5.74) is 2.33. The molecule has 1 fully saturated rings. The van der Waals surface area contributed by atoms with Gasteiger partial charge in [-0.15, -0.1) is 24.0 Å². The number of carbonyl (C=O) groups is 1. The number of ether oxygens (including phenoxy) is 1. The van der Waals surface area contributed by atoms with Crippen LogP contribution in [0.15, 0.2) is 29.3 Å². The van der Waals surface area contributed by atoms with Crippen LogP contribution >= 0.6 is 24.0 Å². The molecule has 1 aromatic carbocycles. The molecule has 0 atom stereocenters. The Hall–Kier alpha value is -1.39. The molecule has 1 saturated heterocycles. The van der Waals surface area contributed by atoms with Crippen molar-refractivity contribution in [2.75, 3.05) is 53.5 Å². The number of aliphatic imine (C=N–C) groups is 1. The van der Waals surface area contributed by atoms with Crippen LogP contribution in [0.2, 0.25) is 0 Å². The molecule has 0 spiro atoms. The topological polar surface area (TPSA) is 69.2 Å². The van der Waals surface area contributed by atoms with Gasteiger partial charge in [0.2, 0.25) is 5.91 Å². The quantitative estimate of drug-likeness (QED) is 0.188. The molecule has 0 unspecified atom stereocenters. The SMILES string of the molecule is CCNC(=NCc1cccc(CN2CCCC2=O)c1)NCCN(C)CCCOC.I. The minimum atomic E-state index is 0. The first-order valence-electron chi connectivity index (χ1n) is 10.7. The minimum absolute atomic E-state index is 0. The van der Waals surface area contributed by atoms with E-state index < -0.39 is 0 Å². The van der Waals surface area contributed by atoms with Gasteiger partial charge in [0.15, 0.2) is 5.96 Å². The first-order chi connectivity index (χ1) is 14.1. The highest BCUT2D eigenvalue weighted by Crippen LogP contribution is 2.15. The fourth-order valence-electron chi connectivity index (χ4n) is 3.39. The zero-order valence-electron chi connectivity index (χ0n) is 18.7. The lowest BCUT2D eigenvalue weighted by molar-refractivity contribution is -0.128. The highest BCUT2D eigenvalue weighted by molar-refractivity contribution is 14.0. The molecule has 30 heavy (non-hydrogen) atoms. The molecule has 1 aromatic rings. The Bertz CT molecular complexity index is 656. The Balaban J connectivity index is 0.00000450. The van der Waals surface area contributed by atoms with Crippen LogP contribution in [0.3, 0.4) is 0 Å². The monoisotopic (exact) mass is 531 g/mol. The van der Waals surface area contributed by atoms with E-state index in [1.165, 1.54) is 5.56 Å². The largest absolute Gasteiger partial charge is 0.385 e. The molecule has 2 N–H and O–H groups in total. The van der Waals surface area contributed by atoms with Crippen molar-refractivity contribution in [1.82, 2.24) is 20.4 Å². The Morgan fingerprint density at radius 1 is 1.27 bits per heavy atom. The average molecular weight is 531 g/mol. The molecule has 0 aliphatic carbocycles. The van der Waals surface area contributed by atoms with Crippen molar-refractivity contribution in [2.24, 2.45) is 4.99 Å². The van der Waals surface area contributed by atoms with Crippen LogP contribution < -0.4 is 10.6 Å². The lowest BCUT2D eigenvalue weighted by Crippen LogP contribution is -2.41. The third-order valence-corrected chi connectivity index (χ3v) is 4.97. The van der Waals surface area contributed by atoms with Gasteiger partial charge in [-0.25, -0.2) is 4.99 Å². The third kappa shape index (κ3) is 10.1. The summed E-state index contributed by atoms with van der Waals surface area (Å²) in [6, 6.07) is 8.38. The highest BCUT2D eigenvalue weighted by Gasteiger charge is 2.19. The van der Waals surface area contributed by atoms with Gasteiger partial charge < -0.3 is 25.2 Å². The molecule has 0 aromatic heterocycles. The molecule has 2 rings (SSSR count). The van der Waals surface area contributed by atoms with E-state index in [2.05, 4.69) is 53.8 Å². The molecule has 170 valence electrons. The van der Waals surface area contributed by atoms with Gasteiger partial charge in [-0.3, -0.25) is 4.79 Å². The number of hydrogen-bond donors (Lipinski definition) is 2. The second kappa shape index (κ2) is 15.4. The van der Waals surface area contributed by atoms with Crippen molar-refractivity contribution in [2.45, 2.75) is 39.3 Å². The van der Waals surface area contributed by atoms with E-state index in [4.69, 9.17) is 9.73 Å². The fraction of sp³-hybridized carbons (Fsp3) is 0.636. The van der Waals surface area contributed by atoms with Gasteiger partial charge in [0.05, 0.1) is 6.54 Å². The lowest BCUT2D eigenvalue weighted by Gasteiger charge is -2.18. The summed E-state index contributed by atoms with van der Waals surface area (Å²) in [6.45, 7) is 8.69. The summed E-state index contributed by atoms with van der Waals surface area (Å²) in [7, 11) is 3.86. The molecule has 8 heteroatoms. The van der Waals surface area contributed by atoms with Crippen LogP contribution in [0.25, 0.3) is 0 Å². The van der Waals surface area contributed by atoms with E-state index >= 15 is 0 Å². The zero-order valence-corrected chi connectivity index (χ0v) is 21.0. The Morgan fingerprint density at radius 2 is 2.07 bits per heavy atom. The molecule has 0 saturated carbocycles. The smallest absolute Gasteiger partial charge is 0.222 e. The first kappa shape index (κ1) is 26.6. The second-order valence-corrected chi connectivity index (χ2v) is 7.51. The number of nitrogens with one attached hydrogen (secondary N) is 2. The summed E-state index contributed by atoms with van der Waals surface area (Å²) in [6.07, 6.45) is 2.70. The summed E-state index contributed by atoms with van der Waals surface area (Å²) in [5, 5.41) is 6.71. The molecular weight excluding hydrogens is 493 g/mol. The van der Waals surface area contributed by atoms with Crippen LogP contribution in [0.1, 0.15) is 37.3 Å². The third-order valence-electron chi connectivity index (χ3n) is 4.97. The molecule has 1 heterocycles. The minimum Gasteiger partial charge on any atom is -0.385 e. The molecule has 0 bridgehead atoms. The number of halogens is 1. The van der Waals surface area contributed by atoms with E-state index in [1.807, 2.05) is 4.90 Å². The van der Waals surface area contributed by atoms with Crippen molar-refractivity contribution in [3.63, 3.8) is 0 Å². The van der Waals surface area contributed by atoms with Crippen LogP contribution in [-0.4, -0.2) is 75.2 Å². The number of likely N-dealkylation sites (tertiary alicyclic amines) is 1. The predicted molar refractivity (Wildman–Crippen MR) is 133 cm³/mol. The van der Waals surface area contributed by atoms with Gasteiger partial charge in [-0.05, 0) is 37.9 Å². The number of nitrogens with zero attached hydrogens (tertiary/aromatic N) is 3. The molecule has 1 aliphatic heterocycles. The Kier molecular flexibility index (Phi) is 13.7. The van der Waals surface area contributed by atoms with E-state index in [0.717, 1.165) is 63.7 Å². The van der Waals surface area contributed by atoms with E-state index in [0.29, 0.717) is 19.5 Å². The van der Waals surface area contributed by atoms with Gasteiger partial charge in [-0.1, -0.05) is 24.3 Å². The lowest BCUT2D eigenvalue weighted by atomic mass is 10.1. The van der Waals surface area contributed by atoms with Gasteiger partial charge in [0, 0.05) is 59.4 Å². The normalized spacial score (nSPS) is 14.2. The van der Waals surface area contributed by atoms with Crippen LogP contribution in [0, 0.1) is 0 Å². The van der Waals surface area contributed by atoms with Crippen molar-refractivity contribution in [3.05, 3.63) is 35.4 Å². The summed E-state index contributed by atoms with van der Waals surface area (Å²) in [5.74, 6) is 1.09. The highest BCUT2D eigenvalue weighted by atomic mass is 127. The number of hydrogen-bond acceptors (Lipinski definition) is 4. The average Bonchev–Trinajstić information content (AvgIpc) is 3.11. The van der Waals surface area contributed by atoms with Crippen LogP contribution in [0.5, 0.6) is 0 Å². The Morgan fingerprint density at radius 3 is 2.77 bits per heavy atom. The molecule has 1 aliphatic rings. The van der Waals surface area contributed by atoms with E-state index in [-0.39, 0.29) is 29.9 Å². The number of rotatable bonds is 12. The Labute approximate surface area is 198 Å². The van der Waals surface area contributed by atoms with Gasteiger partial charge >= 0.3 is 0 Å². The van der Waals surface area contributed by atoms with Crippen LogP contribution in [-0.2, 0) is 22.6 Å². The maximum atomic E-state index is 11.9. The van der Waals surface area contributed by atoms with Gasteiger partial charge in [0.25, 0.3) is 0 Å². The van der Waals surface area contributed by atoms with Crippen molar-refractivity contribution >= 4 is 35.8 Å². The number of amides is 1. The number of likely N-dealkylation sites (N-methyl/N-ethyl adjacent to an activating group) is 1. The summed E-state index contributed by atoms with van der Waals surface area (Å²) >= 11 is 0. The standard InChI is InChI=1S/C22H37N5O2.HI/c1-4-23-22(24-11-14-26(2)12-7-15-29-3)25-17-19-8-5-9-20(16-19)18-27-13-6-10-21(27)28;/h5,8-9,16H,4,6-7,10-15,17-18H2,1-3H3,(H2,23,24,25);1H. The van der Waals surface area contributed by atoms with E-state index in [9.17, 15) is 4.79 Å². The first-order valence-corrected chi connectivity index (χ1v) is 10.7. The molecule has 0 radical (unpaired) electrons. The number of guanidine groups is 1. The summed E-state index contributed by atoms with van der Waals surface area (Å²) in [4.78, 5) is 20.8. The van der Waals surface area contributed by atoms with Crippen LogP contribution in [0.4, 0.5) is 0 Å². The van der Waals surface area contributed by atoms with E-state index in [1.54, 1.807) is 7.11 Å². The number of benzene rings is 1. The predicted octanol–water partition coefficient (Wildman–Crippen LogP) is 2.45. The number of carbonyl (C=O) groups excluding carboxylic acids is 1. The fourth-order valence-corrected chi connectivity index (χ4v) is 3.39. The van der Waals surface area contributed by atoms with Crippen molar-refractivity contribution in [3.8, 4) is 0 Å². The molecular formula is C22H38IN5O2. The maximum Gasteiger partial charge on any atom is 0.222 e. The van der Waals surface area contributed by atoms with Crippen molar-refractivity contribution < 1.29 is 9.53 Å². The summed E-state index contributed by atoms with van der Waals surface area (Å²) < 4.78 is 5.10. The van der Waals surface area contributed by atoms with Gasteiger partial charge in [-0.2, -0.15) is 0 Å². The molecule has 1 amide bonds. The zero-order chi connectivity index (χ0) is 20.9. The number of methoxy groups -OCH3 is 1. The second-order valence-electron chi connectivity index (χ2n) is 7.51. The van der Waals surface area contributed by atoms with Gasteiger partial charge in [0.1, 0.15) is 0 Å². The van der Waals surface area contributed by atoms with Crippen molar-refractivity contribution in [1.29, 1.82) is 0 Å².